The van der Waals surface area contributed by atoms with E-state index >= 15 is 0 Å². The van der Waals surface area contributed by atoms with Crippen LogP contribution in [0.15, 0.2) is 47.3 Å². The summed E-state index contributed by atoms with van der Waals surface area (Å²) < 4.78 is 6.23. The van der Waals surface area contributed by atoms with E-state index in [0.717, 1.165) is 32.5 Å². The molecule has 1 saturated heterocycles. The molecule has 1 atom stereocenters. The molecule has 7 nitrogen and oxygen atoms in total. The first-order valence-corrected chi connectivity index (χ1v) is 9.77. The number of carbonyl (C=O) groups is 1. The predicted octanol–water partition coefficient (Wildman–Crippen LogP) is 1.18. The van der Waals surface area contributed by atoms with Gasteiger partial charge >= 0.3 is 0 Å². The number of methoxy groups -OCH3 is 1. The highest BCUT2D eigenvalue weighted by Crippen LogP contribution is 2.16. The summed E-state index contributed by atoms with van der Waals surface area (Å²) in [4.78, 5) is 26.6. The van der Waals surface area contributed by atoms with E-state index in [-0.39, 0.29) is 17.2 Å². The predicted molar refractivity (Wildman–Crippen MR) is 107 cm³/mol. The van der Waals surface area contributed by atoms with Crippen molar-refractivity contribution >= 4 is 5.91 Å². The lowest BCUT2D eigenvalue weighted by Crippen LogP contribution is -2.34. The van der Waals surface area contributed by atoms with Crippen molar-refractivity contribution < 1.29 is 9.53 Å². The van der Waals surface area contributed by atoms with Gasteiger partial charge in [-0.3, -0.25) is 9.59 Å². The fourth-order valence-electron chi connectivity index (χ4n) is 3.45. The number of amides is 1. The molecule has 0 saturated carbocycles. The second-order valence-electron chi connectivity index (χ2n) is 7.17. The standard InChI is InChI=1S/C21H28N4O3/c1-28-14-13-25-20(26)8-7-19(23-25)21(27)22-15-18-10-12-24(16-18)11-9-17-5-3-2-4-6-17/h2-8,18H,9-16H2,1H3,(H,22,27). The van der Waals surface area contributed by atoms with Gasteiger partial charge in [0.05, 0.1) is 13.2 Å². The van der Waals surface area contributed by atoms with Crippen LogP contribution in [0.25, 0.3) is 0 Å². The number of ether oxygens (including phenoxy) is 1. The van der Waals surface area contributed by atoms with E-state index in [4.69, 9.17) is 4.74 Å². The molecular formula is C21H28N4O3. The molecule has 1 N–H and O–H groups in total. The second-order valence-corrected chi connectivity index (χ2v) is 7.17. The molecule has 0 radical (unpaired) electrons. The van der Waals surface area contributed by atoms with Crippen LogP contribution in [0, 0.1) is 5.92 Å². The highest BCUT2D eigenvalue weighted by Gasteiger charge is 2.23. The third-order valence-corrected chi connectivity index (χ3v) is 5.09. The van der Waals surface area contributed by atoms with Gasteiger partial charge in [0, 0.05) is 32.8 Å². The summed E-state index contributed by atoms with van der Waals surface area (Å²) in [5, 5.41) is 7.10. The van der Waals surface area contributed by atoms with Gasteiger partial charge in [-0.25, -0.2) is 4.68 Å². The fourth-order valence-corrected chi connectivity index (χ4v) is 3.45. The maximum absolute atomic E-state index is 12.4. The van der Waals surface area contributed by atoms with Crippen molar-refractivity contribution in [2.24, 2.45) is 5.92 Å². The van der Waals surface area contributed by atoms with Gasteiger partial charge in [0.2, 0.25) is 0 Å². The number of nitrogens with one attached hydrogen (secondary N) is 1. The summed E-state index contributed by atoms with van der Waals surface area (Å²) in [7, 11) is 1.56. The highest BCUT2D eigenvalue weighted by molar-refractivity contribution is 5.91. The van der Waals surface area contributed by atoms with Crippen molar-refractivity contribution in [3.8, 4) is 0 Å². The quantitative estimate of drug-likeness (QED) is 0.703. The first kappa shape index (κ1) is 20.2. The number of carbonyl (C=O) groups excluding carboxylic acids is 1. The maximum atomic E-state index is 12.4. The lowest BCUT2D eigenvalue weighted by molar-refractivity contribution is 0.0938. The summed E-state index contributed by atoms with van der Waals surface area (Å²) in [5.41, 5.74) is 1.38. The van der Waals surface area contributed by atoms with E-state index in [1.54, 1.807) is 7.11 Å². The van der Waals surface area contributed by atoms with Crippen LogP contribution in [0.5, 0.6) is 0 Å². The lowest BCUT2D eigenvalue weighted by Gasteiger charge is -2.16. The van der Waals surface area contributed by atoms with E-state index in [9.17, 15) is 9.59 Å². The molecule has 2 heterocycles. The molecule has 2 aromatic rings. The molecule has 150 valence electrons. The van der Waals surface area contributed by atoms with Crippen molar-refractivity contribution in [1.29, 1.82) is 0 Å². The first-order chi connectivity index (χ1) is 13.7. The Kier molecular flexibility index (Phi) is 7.33. The van der Waals surface area contributed by atoms with Crippen molar-refractivity contribution in [2.45, 2.75) is 19.4 Å². The van der Waals surface area contributed by atoms with Crippen LogP contribution in [-0.2, 0) is 17.7 Å². The minimum atomic E-state index is -0.242. The Hall–Kier alpha value is -2.51. The molecule has 0 aliphatic carbocycles. The van der Waals surface area contributed by atoms with Gasteiger partial charge in [0.15, 0.2) is 0 Å². The van der Waals surface area contributed by atoms with Gasteiger partial charge in [-0.15, -0.1) is 0 Å². The Morgan fingerprint density at radius 2 is 2.04 bits per heavy atom. The van der Waals surface area contributed by atoms with Crippen LogP contribution in [0.1, 0.15) is 22.5 Å². The number of likely N-dealkylation sites (tertiary alicyclic amines) is 1. The fraction of sp³-hybridized carbons (Fsp3) is 0.476. The van der Waals surface area contributed by atoms with Crippen LogP contribution < -0.4 is 10.9 Å². The Morgan fingerprint density at radius 1 is 1.21 bits per heavy atom. The molecule has 28 heavy (non-hydrogen) atoms. The van der Waals surface area contributed by atoms with Gasteiger partial charge in [0.25, 0.3) is 11.5 Å². The van der Waals surface area contributed by atoms with Gasteiger partial charge in [-0.1, -0.05) is 30.3 Å². The van der Waals surface area contributed by atoms with Crippen molar-refractivity contribution in [3.63, 3.8) is 0 Å². The van der Waals surface area contributed by atoms with E-state index in [2.05, 4.69) is 39.6 Å². The number of aromatic nitrogens is 2. The molecule has 0 bridgehead atoms. The zero-order valence-electron chi connectivity index (χ0n) is 16.3. The van der Waals surface area contributed by atoms with Crippen LogP contribution in [0.2, 0.25) is 0 Å². The molecule has 1 unspecified atom stereocenters. The van der Waals surface area contributed by atoms with Gasteiger partial charge < -0.3 is 15.0 Å². The Bertz CT molecular complexity index is 822. The topological polar surface area (TPSA) is 76.5 Å². The summed E-state index contributed by atoms with van der Waals surface area (Å²) in [5.74, 6) is 0.202. The van der Waals surface area contributed by atoms with Crippen LogP contribution in [-0.4, -0.2) is 60.5 Å². The average Bonchev–Trinajstić information content (AvgIpc) is 3.18. The van der Waals surface area contributed by atoms with E-state index in [1.165, 1.54) is 22.4 Å². The number of nitrogens with zero attached hydrogens (tertiary/aromatic N) is 3. The number of hydrogen-bond donors (Lipinski definition) is 1. The molecule has 0 spiro atoms. The van der Waals surface area contributed by atoms with E-state index in [0.29, 0.717) is 25.6 Å². The average molecular weight is 384 g/mol. The van der Waals surface area contributed by atoms with E-state index < -0.39 is 0 Å². The Balaban J connectivity index is 1.44. The van der Waals surface area contributed by atoms with Gasteiger partial charge in [-0.2, -0.15) is 5.10 Å². The summed E-state index contributed by atoms with van der Waals surface area (Å²) >= 11 is 0. The minimum absolute atomic E-state index is 0.238. The largest absolute Gasteiger partial charge is 0.383 e. The van der Waals surface area contributed by atoms with Crippen LogP contribution in [0.4, 0.5) is 0 Å². The minimum Gasteiger partial charge on any atom is -0.383 e. The van der Waals surface area contributed by atoms with E-state index in [1.807, 2.05) is 6.07 Å². The SMILES string of the molecule is COCCn1nc(C(=O)NCC2CCN(CCc3ccccc3)C2)ccc1=O. The molecule has 3 rings (SSSR count). The number of hydrogen-bond acceptors (Lipinski definition) is 5. The first-order valence-electron chi connectivity index (χ1n) is 9.77. The highest BCUT2D eigenvalue weighted by atomic mass is 16.5. The molecule has 1 fully saturated rings. The molecule has 7 heteroatoms. The molecule has 1 aromatic carbocycles. The van der Waals surface area contributed by atoms with Crippen LogP contribution in [0.3, 0.4) is 0 Å². The van der Waals surface area contributed by atoms with Crippen molar-refractivity contribution in [3.05, 3.63) is 64.1 Å². The smallest absolute Gasteiger partial charge is 0.271 e. The Morgan fingerprint density at radius 3 is 2.82 bits per heavy atom. The summed E-state index contributed by atoms with van der Waals surface area (Å²) in [6.07, 6.45) is 2.13. The maximum Gasteiger partial charge on any atom is 0.271 e. The van der Waals surface area contributed by atoms with Crippen molar-refractivity contribution in [2.75, 3.05) is 39.9 Å². The molecule has 1 aromatic heterocycles. The number of benzene rings is 1. The third-order valence-electron chi connectivity index (χ3n) is 5.09. The normalized spacial score (nSPS) is 17.0. The lowest BCUT2D eigenvalue weighted by atomic mass is 10.1. The van der Waals surface area contributed by atoms with Gasteiger partial charge in [0.1, 0.15) is 5.69 Å². The number of rotatable bonds is 9. The molecule has 1 aliphatic rings. The summed E-state index contributed by atoms with van der Waals surface area (Å²) in [6.45, 7) is 4.43. The molecule has 1 aliphatic heterocycles. The molecular weight excluding hydrogens is 356 g/mol. The second kappa shape index (κ2) is 10.1. The van der Waals surface area contributed by atoms with Crippen molar-refractivity contribution in [1.82, 2.24) is 20.0 Å². The zero-order chi connectivity index (χ0) is 19.8. The molecule has 1 amide bonds. The third kappa shape index (κ3) is 5.74. The Labute approximate surface area is 165 Å². The summed E-state index contributed by atoms with van der Waals surface area (Å²) in [6, 6.07) is 13.4. The monoisotopic (exact) mass is 384 g/mol. The zero-order valence-corrected chi connectivity index (χ0v) is 16.3. The van der Waals surface area contributed by atoms with Gasteiger partial charge in [-0.05, 0) is 36.9 Å². The van der Waals surface area contributed by atoms with Crippen LogP contribution >= 0.6 is 0 Å².